The number of nitrogens with zero attached hydrogens (tertiary/aromatic N) is 2. The molecule has 0 unspecified atom stereocenters. The van der Waals surface area contributed by atoms with Gasteiger partial charge in [-0.25, -0.2) is 4.68 Å². The molecule has 0 aliphatic heterocycles. The summed E-state index contributed by atoms with van der Waals surface area (Å²) in [6.07, 6.45) is 3.70. The van der Waals surface area contributed by atoms with Gasteiger partial charge in [0.2, 0.25) is 0 Å². The molecule has 0 amide bonds. The number of hydrogen-bond donors (Lipinski definition) is 1. The van der Waals surface area contributed by atoms with Crippen LogP contribution in [0, 0.1) is 0 Å². The van der Waals surface area contributed by atoms with Crippen molar-refractivity contribution in [3.8, 4) is 0 Å². The predicted octanol–water partition coefficient (Wildman–Crippen LogP) is 1.02. The van der Waals surface area contributed by atoms with Crippen molar-refractivity contribution in [1.82, 2.24) is 15.1 Å². The molecule has 1 heterocycles. The zero-order valence-corrected chi connectivity index (χ0v) is 9.44. The zero-order valence-electron chi connectivity index (χ0n) is 9.44. The predicted molar refractivity (Wildman–Crippen MR) is 60.9 cm³/mol. The minimum absolute atomic E-state index is 0.0191. The maximum absolute atomic E-state index is 11.3. The quantitative estimate of drug-likeness (QED) is 0.712. The van der Waals surface area contributed by atoms with Crippen LogP contribution < -0.4 is 10.9 Å². The molecule has 1 rings (SSSR count). The van der Waals surface area contributed by atoms with E-state index in [2.05, 4.69) is 24.3 Å². The van der Waals surface area contributed by atoms with Gasteiger partial charge in [-0.15, -0.1) is 0 Å². The van der Waals surface area contributed by atoms with E-state index in [0.717, 1.165) is 19.4 Å². The van der Waals surface area contributed by atoms with Crippen LogP contribution in [0.1, 0.15) is 26.7 Å². The zero-order chi connectivity index (χ0) is 11.1. The third-order valence-electron chi connectivity index (χ3n) is 2.13. The van der Waals surface area contributed by atoms with E-state index in [9.17, 15) is 4.79 Å². The Bertz CT molecular complexity index is 333. The van der Waals surface area contributed by atoms with E-state index in [-0.39, 0.29) is 5.56 Å². The van der Waals surface area contributed by atoms with Crippen molar-refractivity contribution in [2.75, 3.05) is 6.54 Å². The second-order valence-electron chi connectivity index (χ2n) is 3.90. The Morgan fingerprint density at radius 2 is 2.27 bits per heavy atom. The van der Waals surface area contributed by atoms with Gasteiger partial charge in [-0.1, -0.05) is 13.8 Å². The highest BCUT2D eigenvalue weighted by Gasteiger charge is 1.96. The van der Waals surface area contributed by atoms with E-state index in [1.807, 2.05) is 0 Å². The van der Waals surface area contributed by atoms with Gasteiger partial charge in [0.25, 0.3) is 5.56 Å². The van der Waals surface area contributed by atoms with Crippen molar-refractivity contribution in [3.63, 3.8) is 0 Å². The molecule has 15 heavy (non-hydrogen) atoms. The second-order valence-corrected chi connectivity index (χ2v) is 3.90. The van der Waals surface area contributed by atoms with Crippen molar-refractivity contribution in [1.29, 1.82) is 0 Å². The fourth-order valence-electron chi connectivity index (χ4n) is 1.33. The number of nitrogens with one attached hydrogen (secondary N) is 1. The number of unbranched alkanes of at least 4 members (excludes halogenated alkanes) is 1. The van der Waals surface area contributed by atoms with Crippen LogP contribution in [0.5, 0.6) is 0 Å². The Morgan fingerprint density at radius 1 is 1.47 bits per heavy atom. The Kier molecular flexibility index (Phi) is 5.04. The summed E-state index contributed by atoms with van der Waals surface area (Å²) >= 11 is 0. The molecule has 0 aliphatic rings. The van der Waals surface area contributed by atoms with Gasteiger partial charge in [0.1, 0.15) is 0 Å². The molecule has 0 fully saturated rings. The summed E-state index contributed by atoms with van der Waals surface area (Å²) in [6, 6.07) is 3.74. The van der Waals surface area contributed by atoms with E-state index in [0.29, 0.717) is 12.6 Å². The normalized spacial score (nSPS) is 10.9. The smallest absolute Gasteiger partial charge is 0.266 e. The molecule has 4 heteroatoms. The van der Waals surface area contributed by atoms with Crippen LogP contribution in [0.2, 0.25) is 0 Å². The van der Waals surface area contributed by atoms with Crippen LogP contribution in [0.25, 0.3) is 0 Å². The lowest BCUT2D eigenvalue weighted by Gasteiger charge is -2.07. The molecule has 84 valence electrons. The number of rotatable bonds is 6. The number of aromatic nitrogens is 2. The molecule has 1 N–H and O–H groups in total. The van der Waals surface area contributed by atoms with Gasteiger partial charge in [0.05, 0.1) is 0 Å². The van der Waals surface area contributed by atoms with Crippen LogP contribution in [-0.2, 0) is 6.54 Å². The summed E-state index contributed by atoms with van der Waals surface area (Å²) in [4.78, 5) is 11.3. The first kappa shape index (κ1) is 11.9. The molecular formula is C11H19N3O. The summed E-state index contributed by atoms with van der Waals surface area (Å²) in [5.74, 6) is 0. The Hall–Kier alpha value is -1.16. The topological polar surface area (TPSA) is 46.9 Å². The van der Waals surface area contributed by atoms with Crippen molar-refractivity contribution >= 4 is 0 Å². The largest absolute Gasteiger partial charge is 0.315 e. The average Bonchev–Trinajstić information content (AvgIpc) is 2.20. The monoisotopic (exact) mass is 209 g/mol. The molecule has 0 aliphatic carbocycles. The Morgan fingerprint density at radius 3 is 2.93 bits per heavy atom. The molecular weight excluding hydrogens is 190 g/mol. The van der Waals surface area contributed by atoms with E-state index < -0.39 is 0 Å². The summed E-state index contributed by atoms with van der Waals surface area (Å²) in [5, 5.41) is 7.33. The van der Waals surface area contributed by atoms with E-state index in [4.69, 9.17) is 0 Å². The Labute approximate surface area is 90.3 Å². The second kappa shape index (κ2) is 6.35. The van der Waals surface area contributed by atoms with Crippen LogP contribution in [-0.4, -0.2) is 22.4 Å². The van der Waals surface area contributed by atoms with Gasteiger partial charge < -0.3 is 5.32 Å². The van der Waals surface area contributed by atoms with Crippen molar-refractivity contribution in [3.05, 3.63) is 28.7 Å². The molecule has 0 atom stereocenters. The lowest BCUT2D eigenvalue weighted by Crippen LogP contribution is -2.25. The first-order valence-electron chi connectivity index (χ1n) is 5.45. The van der Waals surface area contributed by atoms with Crippen molar-refractivity contribution < 1.29 is 0 Å². The van der Waals surface area contributed by atoms with Gasteiger partial charge in [-0.3, -0.25) is 4.79 Å². The molecule has 1 aromatic heterocycles. The van der Waals surface area contributed by atoms with Gasteiger partial charge in [-0.2, -0.15) is 5.10 Å². The summed E-state index contributed by atoms with van der Waals surface area (Å²) in [7, 11) is 0. The van der Waals surface area contributed by atoms with E-state index in [1.54, 1.807) is 18.3 Å². The summed E-state index contributed by atoms with van der Waals surface area (Å²) in [6.45, 7) is 5.96. The first-order valence-corrected chi connectivity index (χ1v) is 5.45. The van der Waals surface area contributed by atoms with E-state index in [1.165, 1.54) is 4.68 Å². The molecule has 0 aromatic carbocycles. The Balaban J connectivity index is 2.21. The number of aryl methyl sites for hydroxylation is 1. The summed E-state index contributed by atoms with van der Waals surface area (Å²) in [5.41, 5.74) is -0.0191. The van der Waals surface area contributed by atoms with Crippen LogP contribution >= 0.6 is 0 Å². The standard InChI is InChI=1S/C11H19N3O/c1-10(2)12-7-3-4-9-14-11(15)6-5-8-13-14/h5-6,8,10,12H,3-4,7,9H2,1-2H3. The fraction of sp³-hybridized carbons (Fsp3) is 0.636. The van der Waals surface area contributed by atoms with Crippen molar-refractivity contribution in [2.45, 2.75) is 39.3 Å². The highest BCUT2D eigenvalue weighted by molar-refractivity contribution is 4.84. The van der Waals surface area contributed by atoms with Crippen LogP contribution in [0.4, 0.5) is 0 Å². The highest BCUT2D eigenvalue weighted by Crippen LogP contribution is 1.90. The maximum atomic E-state index is 11.3. The van der Waals surface area contributed by atoms with Crippen molar-refractivity contribution in [2.24, 2.45) is 0 Å². The number of hydrogen-bond acceptors (Lipinski definition) is 3. The fourth-order valence-corrected chi connectivity index (χ4v) is 1.33. The van der Waals surface area contributed by atoms with Gasteiger partial charge >= 0.3 is 0 Å². The molecule has 0 bridgehead atoms. The van der Waals surface area contributed by atoms with Gasteiger partial charge in [-0.05, 0) is 25.5 Å². The van der Waals surface area contributed by atoms with Crippen LogP contribution in [0.15, 0.2) is 23.1 Å². The molecule has 0 spiro atoms. The van der Waals surface area contributed by atoms with Crippen LogP contribution in [0.3, 0.4) is 0 Å². The van der Waals surface area contributed by atoms with E-state index >= 15 is 0 Å². The summed E-state index contributed by atoms with van der Waals surface area (Å²) < 4.78 is 1.51. The SMILES string of the molecule is CC(C)NCCCCn1ncccc1=O. The first-order chi connectivity index (χ1) is 7.20. The highest BCUT2D eigenvalue weighted by atomic mass is 16.1. The minimum Gasteiger partial charge on any atom is -0.315 e. The minimum atomic E-state index is -0.0191. The van der Waals surface area contributed by atoms with Gasteiger partial charge in [0, 0.05) is 24.8 Å². The molecule has 1 aromatic rings. The molecule has 0 radical (unpaired) electrons. The van der Waals surface area contributed by atoms with Gasteiger partial charge in [0.15, 0.2) is 0 Å². The average molecular weight is 209 g/mol. The molecule has 0 saturated carbocycles. The maximum Gasteiger partial charge on any atom is 0.266 e. The molecule has 0 saturated heterocycles. The third kappa shape index (κ3) is 4.74. The third-order valence-corrected chi connectivity index (χ3v) is 2.13. The molecule has 4 nitrogen and oxygen atoms in total. The lowest BCUT2D eigenvalue weighted by molar-refractivity contribution is 0.499. The lowest BCUT2D eigenvalue weighted by atomic mass is 10.3.